The summed E-state index contributed by atoms with van der Waals surface area (Å²) in [5, 5.41) is 0. The summed E-state index contributed by atoms with van der Waals surface area (Å²) < 4.78 is 31.1. The van der Waals surface area contributed by atoms with Gasteiger partial charge in [-0.3, -0.25) is 0 Å². The molecule has 5 heteroatoms. The van der Waals surface area contributed by atoms with Gasteiger partial charge in [-0.05, 0) is 30.2 Å². The predicted molar refractivity (Wildman–Crippen MR) is 69.0 cm³/mol. The van der Waals surface area contributed by atoms with Crippen molar-refractivity contribution in [1.82, 2.24) is 0 Å². The summed E-state index contributed by atoms with van der Waals surface area (Å²) in [6.07, 6.45) is 4.30. The molecule has 0 unspecified atom stereocenters. The molecule has 1 aromatic carbocycles. The lowest BCUT2D eigenvalue weighted by Crippen LogP contribution is -2.01. The van der Waals surface area contributed by atoms with Crippen LogP contribution in [0.3, 0.4) is 0 Å². The van der Waals surface area contributed by atoms with Gasteiger partial charge in [0.05, 0.1) is 6.61 Å². The fourth-order valence-corrected chi connectivity index (χ4v) is 1.64. The summed E-state index contributed by atoms with van der Waals surface area (Å²) in [6.45, 7) is 2.35. The molecule has 98 valence electrons. The molecule has 1 aromatic rings. The van der Waals surface area contributed by atoms with Crippen molar-refractivity contribution in [3.8, 4) is 0 Å². The number of halogens is 3. The van der Waals surface area contributed by atoms with Crippen LogP contribution in [-0.4, -0.2) is 12.6 Å². The van der Waals surface area contributed by atoms with E-state index in [4.69, 9.17) is 4.74 Å². The topological polar surface area (TPSA) is 26.3 Å². The number of carbonyl (C=O) groups excluding carboxylic acids is 1. The van der Waals surface area contributed by atoms with Gasteiger partial charge in [0, 0.05) is 10.5 Å². The van der Waals surface area contributed by atoms with Gasteiger partial charge in [0.25, 0.3) is 0 Å². The Balaban J connectivity index is 2.66. The zero-order chi connectivity index (χ0) is 13.5. The Hall–Kier alpha value is -1.23. The maximum absolute atomic E-state index is 13.0. The number of hydrogen-bond donors (Lipinski definition) is 0. The number of unbranched alkanes of at least 4 members (excludes halogenated alkanes) is 1. The van der Waals surface area contributed by atoms with E-state index < -0.39 is 17.6 Å². The number of carbonyl (C=O) groups is 1. The van der Waals surface area contributed by atoms with Crippen LogP contribution in [-0.2, 0) is 9.53 Å². The van der Waals surface area contributed by atoms with E-state index in [1.54, 1.807) is 0 Å². The molecule has 0 spiro atoms. The van der Waals surface area contributed by atoms with Crippen molar-refractivity contribution in [3.05, 3.63) is 39.9 Å². The highest BCUT2D eigenvalue weighted by Crippen LogP contribution is 2.21. The third-order valence-corrected chi connectivity index (χ3v) is 2.87. The number of hydrogen-bond acceptors (Lipinski definition) is 2. The molecule has 0 saturated heterocycles. The Kier molecular flexibility index (Phi) is 5.98. The highest BCUT2D eigenvalue weighted by molar-refractivity contribution is 9.10. The first-order chi connectivity index (χ1) is 8.54. The summed E-state index contributed by atoms with van der Waals surface area (Å²) in [6, 6.07) is 2.02. The van der Waals surface area contributed by atoms with Crippen LogP contribution >= 0.6 is 15.9 Å². The molecule has 18 heavy (non-hydrogen) atoms. The standard InChI is InChI=1S/C13H13BrF2O2/c1-2-3-6-18-13(17)5-4-9-7-11(15)12(16)8-10(9)14/h4-5,7-8H,2-3,6H2,1H3/b5-4+. The molecule has 0 aromatic heterocycles. The predicted octanol–water partition coefficient (Wildman–Crippen LogP) is 4.08. The minimum atomic E-state index is -0.961. The quantitative estimate of drug-likeness (QED) is 0.354. The molecule has 0 heterocycles. The van der Waals surface area contributed by atoms with E-state index in [0.29, 0.717) is 16.6 Å². The maximum Gasteiger partial charge on any atom is 0.330 e. The molecule has 2 nitrogen and oxygen atoms in total. The van der Waals surface area contributed by atoms with E-state index in [-0.39, 0.29) is 0 Å². The molecule has 0 aliphatic rings. The number of ether oxygens (including phenoxy) is 1. The van der Waals surface area contributed by atoms with Crippen molar-refractivity contribution in [2.45, 2.75) is 19.8 Å². The van der Waals surface area contributed by atoms with Crippen LogP contribution in [0.15, 0.2) is 22.7 Å². The Morgan fingerprint density at radius 1 is 1.39 bits per heavy atom. The molecule has 0 aliphatic carbocycles. The average Bonchev–Trinajstić information content (AvgIpc) is 2.32. The van der Waals surface area contributed by atoms with Crippen molar-refractivity contribution in [2.24, 2.45) is 0 Å². The molecular formula is C13H13BrF2O2. The van der Waals surface area contributed by atoms with Gasteiger partial charge >= 0.3 is 5.97 Å². The minimum Gasteiger partial charge on any atom is -0.463 e. The van der Waals surface area contributed by atoms with Gasteiger partial charge in [-0.25, -0.2) is 13.6 Å². The molecule has 0 fully saturated rings. The Morgan fingerprint density at radius 2 is 2.06 bits per heavy atom. The van der Waals surface area contributed by atoms with Crippen LogP contribution in [0.2, 0.25) is 0 Å². The first kappa shape index (κ1) is 14.8. The maximum atomic E-state index is 13.0. The van der Waals surface area contributed by atoms with E-state index in [9.17, 15) is 13.6 Å². The molecular weight excluding hydrogens is 306 g/mol. The number of esters is 1. The van der Waals surface area contributed by atoms with Gasteiger partial charge in [0.1, 0.15) is 0 Å². The molecule has 0 aliphatic heterocycles. The van der Waals surface area contributed by atoms with Gasteiger partial charge in [-0.15, -0.1) is 0 Å². The molecule has 0 N–H and O–H groups in total. The molecule has 0 bridgehead atoms. The van der Waals surface area contributed by atoms with Gasteiger partial charge in [0.2, 0.25) is 0 Å². The second kappa shape index (κ2) is 7.26. The second-order valence-electron chi connectivity index (χ2n) is 3.64. The van der Waals surface area contributed by atoms with Crippen LogP contribution in [0, 0.1) is 11.6 Å². The van der Waals surface area contributed by atoms with Crippen LogP contribution < -0.4 is 0 Å². The molecule has 0 atom stereocenters. The number of rotatable bonds is 5. The van der Waals surface area contributed by atoms with E-state index in [1.807, 2.05) is 6.92 Å². The lowest BCUT2D eigenvalue weighted by atomic mass is 10.2. The average molecular weight is 319 g/mol. The normalized spacial score (nSPS) is 10.9. The molecule has 0 amide bonds. The van der Waals surface area contributed by atoms with E-state index >= 15 is 0 Å². The van der Waals surface area contributed by atoms with Crippen LogP contribution in [0.1, 0.15) is 25.3 Å². The van der Waals surface area contributed by atoms with E-state index in [0.717, 1.165) is 25.0 Å². The largest absolute Gasteiger partial charge is 0.463 e. The zero-order valence-electron chi connectivity index (χ0n) is 9.88. The summed E-state index contributed by atoms with van der Waals surface area (Å²) in [4.78, 5) is 11.3. The van der Waals surface area contributed by atoms with Crippen LogP contribution in [0.4, 0.5) is 8.78 Å². The smallest absolute Gasteiger partial charge is 0.330 e. The monoisotopic (exact) mass is 318 g/mol. The lowest BCUT2D eigenvalue weighted by Gasteiger charge is -2.01. The van der Waals surface area contributed by atoms with Crippen molar-refractivity contribution in [1.29, 1.82) is 0 Å². The summed E-state index contributed by atoms with van der Waals surface area (Å²) in [7, 11) is 0. The summed E-state index contributed by atoms with van der Waals surface area (Å²) in [5.74, 6) is -2.40. The Bertz CT molecular complexity index is 459. The lowest BCUT2D eigenvalue weighted by molar-refractivity contribution is -0.137. The first-order valence-corrected chi connectivity index (χ1v) is 6.33. The van der Waals surface area contributed by atoms with Crippen molar-refractivity contribution < 1.29 is 18.3 Å². The highest BCUT2D eigenvalue weighted by Gasteiger charge is 2.06. The van der Waals surface area contributed by atoms with Crippen molar-refractivity contribution in [3.63, 3.8) is 0 Å². The third-order valence-electron chi connectivity index (χ3n) is 2.18. The summed E-state index contributed by atoms with van der Waals surface area (Å²) in [5.41, 5.74) is 0.376. The van der Waals surface area contributed by atoms with Gasteiger partial charge in [-0.1, -0.05) is 29.3 Å². The van der Waals surface area contributed by atoms with Crippen molar-refractivity contribution >= 4 is 28.0 Å². The minimum absolute atomic E-state index is 0.360. The Morgan fingerprint density at radius 3 is 2.72 bits per heavy atom. The molecule has 0 saturated carbocycles. The van der Waals surface area contributed by atoms with E-state index in [2.05, 4.69) is 15.9 Å². The first-order valence-electron chi connectivity index (χ1n) is 5.54. The van der Waals surface area contributed by atoms with Crippen molar-refractivity contribution in [2.75, 3.05) is 6.61 Å². The number of benzene rings is 1. The van der Waals surface area contributed by atoms with Crippen LogP contribution in [0.25, 0.3) is 6.08 Å². The van der Waals surface area contributed by atoms with Crippen LogP contribution in [0.5, 0.6) is 0 Å². The fourth-order valence-electron chi connectivity index (χ4n) is 1.19. The van der Waals surface area contributed by atoms with Gasteiger partial charge < -0.3 is 4.74 Å². The second-order valence-corrected chi connectivity index (χ2v) is 4.50. The summed E-state index contributed by atoms with van der Waals surface area (Å²) >= 11 is 3.09. The van der Waals surface area contributed by atoms with E-state index in [1.165, 1.54) is 12.2 Å². The van der Waals surface area contributed by atoms with Gasteiger partial charge in [0.15, 0.2) is 11.6 Å². The fraction of sp³-hybridized carbons (Fsp3) is 0.308. The van der Waals surface area contributed by atoms with Gasteiger partial charge in [-0.2, -0.15) is 0 Å². The molecule has 0 radical (unpaired) electrons. The zero-order valence-corrected chi connectivity index (χ0v) is 11.5. The third kappa shape index (κ3) is 4.56. The highest BCUT2D eigenvalue weighted by atomic mass is 79.9. The Labute approximate surface area is 113 Å². The SMILES string of the molecule is CCCCOC(=O)/C=C/c1cc(F)c(F)cc1Br. The molecule has 1 rings (SSSR count).